The van der Waals surface area contributed by atoms with E-state index < -0.39 is 0 Å². The molecule has 2 aromatic rings. The molecule has 0 unspecified atom stereocenters. The molecule has 0 aliphatic rings. The first-order valence-corrected chi connectivity index (χ1v) is 7.21. The van der Waals surface area contributed by atoms with Crippen molar-refractivity contribution in [2.45, 2.75) is 26.7 Å². The second kappa shape index (κ2) is 6.18. The highest BCUT2D eigenvalue weighted by molar-refractivity contribution is 9.10. The average molecular weight is 334 g/mol. The summed E-state index contributed by atoms with van der Waals surface area (Å²) in [5.41, 5.74) is 1.69. The number of ether oxygens (including phenoxy) is 1. The van der Waals surface area contributed by atoms with Crippen molar-refractivity contribution in [2.24, 2.45) is 0 Å². The minimum Gasteiger partial charge on any atom is -0.439 e. The summed E-state index contributed by atoms with van der Waals surface area (Å²) in [6, 6.07) is 9.21. The Morgan fingerprint density at radius 2 is 2.00 bits per heavy atom. The first kappa shape index (κ1) is 14.7. The lowest BCUT2D eigenvalue weighted by Gasteiger charge is -2.13. The van der Waals surface area contributed by atoms with E-state index in [1.54, 1.807) is 18.3 Å². The van der Waals surface area contributed by atoms with Crippen LogP contribution < -0.4 is 4.74 Å². The van der Waals surface area contributed by atoms with Crippen molar-refractivity contribution < 1.29 is 9.53 Å². The summed E-state index contributed by atoms with van der Waals surface area (Å²) in [7, 11) is 0. The van der Waals surface area contributed by atoms with Crippen LogP contribution >= 0.6 is 15.9 Å². The van der Waals surface area contributed by atoms with E-state index in [2.05, 4.69) is 34.8 Å². The van der Waals surface area contributed by atoms with E-state index in [1.807, 2.05) is 18.2 Å². The first-order chi connectivity index (χ1) is 9.47. The quantitative estimate of drug-likeness (QED) is 0.742. The molecule has 2 rings (SSSR count). The molecule has 4 heteroatoms. The summed E-state index contributed by atoms with van der Waals surface area (Å²) in [4.78, 5) is 15.5. The van der Waals surface area contributed by atoms with E-state index in [0.717, 1.165) is 15.8 Å². The number of carbonyl (C=O) groups is 1. The van der Waals surface area contributed by atoms with Crippen LogP contribution in [-0.2, 0) is 0 Å². The molecule has 0 spiro atoms. The van der Waals surface area contributed by atoms with E-state index >= 15 is 0 Å². The molecule has 3 nitrogen and oxygen atoms in total. The molecule has 0 saturated heterocycles. The minimum atomic E-state index is -0.00265. The number of hydrogen-bond donors (Lipinski definition) is 0. The number of carbonyl (C=O) groups excluding carboxylic acids is 1. The molecular weight excluding hydrogens is 318 g/mol. The summed E-state index contributed by atoms with van der Waals surface area (Å²) < 4.78 is 6.85. The van der Waals surface area contributed by atoms with Crippen molar-refractivity contribution >= 4 is 21.7 Å². The maximum Gasteiger partial charge on any atom is 0.219 e. The van der Waals surface area contributed by atoms with Crippen molar-refractivity contribution in [1.82, 2.24) is 4.98 Å². The number of Topliss-reactive ketones (excluding diaryl/α,β-unsaturated/α-hetero) is 1. The van der Waals surface area contributed by atoms with Gasteiger partial charge in [0.25, 0.3) is 0 Å². The van der Waals surface area contributed by atoms with Crippen LogP contribution in [0.2, 0.25) is 0 Å². The van der Waals surface area contributed by atoms with Gasteiger partial charge in [-0.15, -0.1) is 0 Å². The standard InChI is InChI=1S/C16H16BrNO2/c1-10(2)14-9-13(17)4-5-15(14)20-16-8-12(11(3)19)6-7-18-16/h4-10H,1-3H3. The molecule has 0 aliphatic heterocycles. The molecule has 1 aromatic carbocycles. The Morgan fingerprint density at radius 1 is 1.25 bits per heavy atom. The van der Waals surface area contributed by atoms with Crippen LogP contribution in [0.1, 0.15) is 42.6 Å². The number of benzene rings is 1. The highest BCUT2D eigenvalue weighted by Gasteiger charge is 2.11. The lowest BCUT2D eigenvalue weighted by Crippen LogP contribution is -1.98. The average Bonchev–Trinajstić information content (AvgIpc) is 2.41. The van der Waals surface area contributed by atoms with Gasteiger partial charge in [-0.3, -0.25) is 4.79 Å². The Hall–Kier alpha value is -1.68. The second-order valence-corrected chi connectivity index (χ2v) is 5.79. The van der Waals surface area contributed by atoms with E-state index in [0.29, 0.717) is 17.4 Å². The first-order valence-electron chi connectivity index (χ1n) is 6.41. The molecule has 0 amide bonds. The zero-order valence-corrected chi connectivity index (χ0v) is 13.3. The Labute approximate surface area is 127 Å². The van der Waals surface area contributed by atoms with E-state index in [9.17, 15) is 4.79 Å². The van der Waals surface area contributed by atoms with Crippen LogP contribution in [0.5, 0.6) is 11.6 Å². The Balaban J connectivity index is 2.35. The largest absolute Gasteiger partial charge is 0.439 e. The lowest BCUT2D eigenvalue weighted by molar-refractivity contribution is 0.101. The minimum absolute atomic E-state index is 0.00265. The summed E-state index contributed by atoms with van der Waals surface area (Å²) >= 11 is 3.46. The molecule has 0 N–H and O–H groups in total. The fraction of sp³-hybridized carbons (Fsp3) is 0.250. The van der Waals surface area contributed by atoms with Gasteiger partial charge in [0.2, 0.25) is 5.88 Å². The zero-order valence-electron chi connectivity index (χ0n) is 11.7. The van der Waals surface area contributed by atoms with Gasteiger partial charge in [0.1, 0.15) is 5.75 Å². The summed E-state index contributed by atoms with van der Waals surface area (Å²) in [5.74, 6) is 1.52. The molecule has 1 heterocycles. The predicted molar refractivity (Wildman–Crippen MR) is 82.5 cm³/mol. The van der Waals surface area contributed by atoms with Gasteiger partial charge >= 0.3 is 0 Å². The number of hydrogen-bond acceptors (Lipinski definition) is 3. The monoisotopic (exact) mass is 333 g/mol. The predicted octanol–water partition coefficient (Wildman–Crippen LogP) is 4.96. The smallest absolute Gasteiger partial charge is 0.219 e. The third kappa shape index (κ3) is 3.45. The lowest BCUT2D eigenvalue weighted by atomic mass is 10.0. The van der Waals surface area contributed by atoms with Crippen LogP contribution in [0.15, 0.2) is 41.0 Å². The van der Waals surface area contributed by atoms with Gasteiger partial charge in [-0.2, -0.15) is 0 Å². The molecule has 0 atom stereocenters. The van der Waals surface area contributed by atoms with Crippen LogP contribution in [0.3, 0.4) is 0 Å². The summed E-state index contributed by atoms with van der Waals surface area (Å²) in [5, 5.41) is 0. The summed E-state index contributed by atoms with van der Waals surface area (Å²) in [6.07, 6.45) is 1.58. The van der Waals surface area contributed by atoms with Crippen molar-refractivity contribution in [3.63, 3.8) is 0 Å². The topological polar surface area (TPSA) is 39.2 Å². The number of halogens is 1. The molecule has 20 heavy (non-hydrogen) atoms. The van der Waals surface area contributed by atoms with Crippen molar-refractivity contribution in [3.05, 3.63) is 52.1 Å². The molecule has 1 aromatic heterocycles. The summed E-state index contributed by atoms with van der Waals surface area (Å²) in [6.45, 7) is 5.74. The van der Waals surface area contributed by atoms with Crippen LogP contribution in [0.25, 0.3) is 0 Å². The molecule has 0 radical (unpaired) electrons. The fourth-order valence-corrected chi connectivity index (χ4v) is 2.24. The SMILES string of the molecule is CC(=O)c1ccnc(Oc2ccc(Br)cc2C(C)C)c1. The maximum atomic E-state index is 11.4. The zero-order chi connectivity index (χ0) is 14.7. The Kier molecular flexibility index (Phi) is 4.55. The molecule has 0 fully saturated rings. The highest BCUT2D eigenvalue weighted by atomic mass is 79.9. The molecule has 0 aliphatic carbocycles. The van der Waals surface area contributed by atoms with Crippen LogP contribution in [0.4, 0.5) is 0 Å². The molecule has 0 bridgehead atoms. The highest BCUT2D eigenvalue weighted by Crippen LogP contribution is 2.32. The van der Waals surface area contributed by atoms with Gasteiger partial charge in [0.05, 0.1) is 0 Å². The third-order valence-electron chi connectivity index (χ3n) is 2.95. The van der Waals surface area contributed by atoms with Crippen molar-refractivity contribution in [2.75, 3.05) is 0 Å². The third-order valence-corrected chi connectivity index (χ3v) is 3.44. The number of aromatic nitrogens is 1. The molecular formula is C16H16BrNO2. The number of ketones is 1. The van der Waals surface area contributed by atoms with Gasteiger partial charge in [-0.25, -0.2) is 4.98 Å². The van der Waals surface area contributed by atoms with Gasteiger partial charge in [-0.1, -0.05) is 29.8 Å². The van der Waals surface area contributed by atoms with Crippen molar-refractivity contribution in [1.29, 1.82) is 0 Å². The number of nitrogens with zero attached hydrogens (tertiary/aromatic N) is 1. The number of pyridine rings is 1. The van der Waals surface area contributed by atoms with Crippen molar-refractivity contribution in [3.8, 4) is 11.6 Å². The van der Waals surface area contributed by atoms with E-state index in [-0.39, 0.29) is 5.78 Å². The maximum absolute atomic E-state index is 11.4. The van der Waals surface area contributed by atoms with Crippen LogP contribution in [0, 0.1) is 0 Å². The second-order valence-electron chi connectivity index (χ2n) is 4.88. The fourth-order valence-electron chi connectivity index (χ4n) is 1.86. The van der Waals surface area contributed by atoms with E-state index in [4.69, 9.17) is 4.74 Å². The van der Waals surface area contributed by atoms with Gasteiger partial charge in [-0.05, 0) is 42.7 Å². The van der Waals surface area contributed by atoms with Gasteiger partial charge < -0.3 is 4.74 Å². The Bertz CT molecular complexity index is 638. The number of rotatable bonds is 4. The Morgan fingerprint density at radius 3 is 2.65 bits per heavy atom. The normalized spacial score (nSPS) is 10.7. The van der Waals surface area contributed by atoms with Gasteiger partial charge in [0, 0.05) is 22.3 Å². The molecule has 104 valence electrons. The van der Waals surface area contributed by atoms with Gasteiger partial charge in [0.15, 0.2) is 5.78 Å². The van der Waals surface area contributed by atoms with E-state index in [1.165, 1.54) is 6.92 Å². The van der Waals surface area contributed by atoms with Crippen LogP contribution in [-0.4, -0.2) is 10.8 Å². The molecule has 0 saturated carbocycles.